The average molecular weight is 515 g/mol. The maximum atomic E-state index is 13.4. The molecule has 1 aliphatic carbocycles. The summed E-state index contributed by atoms with van der Waals surface area (Å²) in [5.74, 6) is 0.0940. The number of benzene rings is 1. The number of thioether (sulfide) groups is 1. The first-order valence-electron chi connectivity index (χ1n) is 10.9. The van der Waals surface area contributed by atoms with E-state index < -0.39 is 23.9 Å². The summed E-state index contributed by atoms with van der Waals surface area (Å²) >= 11 is 7.98. The van der Waals surface area contributed by atoms with Gasteiger partial charge < -0.3 is 4.43 Å². The van der Waals surface area contributed by atoms with Crippen molar-refractivity contribution in [1.82, 2.24) is 0 Å². The molecule has 0 saturated carbocycles. The Balaban J connectivity index is 1.82. The third-order valence-corrected chi connectivity index (χ3v) is 14.5. The van der Waals surface area contributed by atoms with Gasteiger partial charge in [0.15, 0.2) is 29.7 Å². The minimum Gasteiger partial charge on any atom is -0.416 e. The second-order valence-electron chi connectivity index (χ2n) is 9.83. The van der Waals surface area contributed by atoms with Gasteiger partial charge in [0.05, 0.1) is 21.2 Å². The third kappa shape index (κ3) is 5.09. The van der Waals surface area contributed by atoms with Crippen LogP contribution in [0.25, 0.3) is 0 Å². The number of carbonyl (C=O) groups excluding carboxylic acids is 2. The van der Waals surface area contributed by atoms with Crippen LogP contribution in [0.3, 0.4) is 0 Å². The van der Waals surface area contributed by atoms with Crippen LogP contribution < -0.4 is 0 Å². The van der Waals surface area contributed by atoms with Gasteiger partial charge in [-0.25, -0.2) is 8.42 Å². The van der Waals surface area contributed by atoms with Crippen LogP contribution in [0.2, 0.25) is 23.2 Å². The summed E-state index contributed by atoms with van der Waals surface area (Å²) in [4.78, 5) is 27.1. The molecule has 176 valence electrons. The monoisotopic (exact) mass is 514 g/mol. The number of sulfone groups is 1. The molecule has 3 rings (SSSR count). The molecule has 1 aliphatic heterocycles. The first kappa shape index (κ1) is 25.7. The van der Waals surface area contributed by atoms with Crippen molar-refractivity contribution in [2.75, 3.05) is 18.1 Å². The molecule has 0 saturated heterocycles. The Bertz CT molecular complexity index is 1080. The van der Waals surface area contributed by atoms with E-state index >= 15 is 0 Å². The second kappa shape index (κ2) is 9.37. The number of ketones is 2. The number of hydrogen-bond acceptors (Lipinski definition) is 6. The molecule has 1 heterocycles. The molecule has 0 radical (unpaired) electrons. The van der Waals surface area contributed by atoms with Crippen molar-refractivity contribution in [1.29, 1.82) is 0 Å². The molecule has 0 amide bonds. The second-order valence-corrected chi connectivity index (χ2v) is 18.3. The van der Waals surface area contributed by atoms with Gasteiger partial charge >= 0.3 is 0 Å². The van der Waals surface area contributed by atoms with Crippen molar-refractivity contribution in [2.45, 2.75) is 69.5 Å². The van der Waals surface area contributed by atoms with Gasteiger partial charge in [-0.15, -0.1) is 11.8 Å². The Morgan fingerprint density at radius 3 is 2.53 bits per heavy atom. The Labute approximate surface area is 201 Å². The number of allylic oxidation sites excluding steroid dienone is 2. The highest BCUT2D eigenvalue weighted by Crippen LogP contribution is 2.39. The molecular formula is C23H31ClO5S2Si. The first-order valence-corrected chi connectivity index (χ1v) is 16.8. The van der Waals surface area contributed by atoms with Gasteiger partial charge in [-0.1, -0.05) is 32.4 Å². The van der Waals surface area contributed by atoms with Crippen LogP contribution in [0.5, 0.6) is 0 Å². The van der Waals surface area contributed by atoms with E-state index in [9.17, 15) is 18.0 Å². The lowest BCUT2D eigenvalue weighted by Crippen LogP contribution is -2.41. The topological polar surface area (TPSA) is 77.5 Å². The van der Waals surface area contributed by atoms with E-state index in [1.807, 2.05) is 0 Å². The van der Waals surface area contributed by atoms with Crippen LogP contribution in [0.4, 0.5) is 0 Å². The quantitative estimate of drug-likeness (QED) is 0.203. The van der Waals surface area contributed by atoms with Crippen LogP contribution in [-0.4, -0.2) is 46.4 Å². The summed E-state index contributed by atoms with van der Waals surface area (Å²) in [5, 5.41) is 0.279. The van der Waals surface area contributed by atoms with Gasteiger partial charge in [0.1, 0.15) is 0 Å². The maximum Gasteiger partial charge on any atom is 0.198 e. The molecule has 32 heavy (non-hydrogen) atoms. The fraction of sp³-hybridized carbons (Fsp3) is 0.565. The summed E-state index contributed by atoms with van der Waals surface area (Å²) in [6.07, 6.45) is 2.02. The highest BCUT2D eigenvalue weighted by Gasteiger charge is 2.37. The predicted molar refractivity (Wildman–Crippen MR) is 133 cm³/mol. The van der Waals surface area contributed by atoms with Crippen molar-refractivity contribution >= 4 is 53.1 Å². The highest BCUT2D eigenvalue weighted by atomic mass is 35.5. The first-order chi connectivity index (χ1) is 14.8. The molecule has 2 aliphatic rings. The van der Waals surface area contributed by atoms with E-state index in [4.69, 9.17) is 16.0 Å². The number of Topliss-reactive ketones (excluding diaryl/α,β-unsaturated/α-hetero) is 2. The molecule has 1 aromatic carbocycles. The minimum atomic E-state index is -3.34. The van der Waals surface area contributed by atoms with Crippen molar-refractivity contribution < 1.29 is 22.4 Å². The average Bonchev–Trinajstić information content (AvgIpc) is 3.00. The molecule has 0 spiro atoms. The van der Waals surface area contributed by atoms with Crippen LogP contribution in [0, 0.1) is 0 Å². The van der Waals surface area contributed by atoms with Crippen molar-refractivity contribution in [3.63, 3.8) is 0 Å². The lowest BCUT2D eigenvalue weighted by molar-refractivity contribution is -0.115. The van der Waals surface area contributed by atoms with Gasteiger partial charge in [-0.3, -0.25) is 9.59 Å². The van der Waals surface area contributed by atoms with Gasteiger partial charge in [0.25, 0.3) is 0 Å². The molecular weight excluding hydrogens is 484 g/mol. The molecule has 0 fully saturated rings. The van der Waals surface area contributed by atoms with Gasteiger partial charge in [0.2, 0.25) is 0 Å². The fourth-order valence-corrected chi connectivity index (χ4v) is 7.87. The van der Waals surface area contributed by atoms with Crippen LogP contribution in [0.1, 0.15) is 56.0 Å². The standard InChI is InChI=1S/C23H31ClO5S2Si/c1-23(2,3)32(4,5)29-12-13-30-18-8-6-7-17(25)20(18)22(26)16-9-10-19-15(21(16)24)11-14-31(19,27)28/h9-10H,6-8,11-14H2,1-5H3. The normalized spacial score (nSPS) is 18.8. The van der Waals surface area contributed by atoms with E-state index in [0.717, 1.165) is 11.3 Å². The molecule has 9 heteroatoms. The minimum absolute atomic E-state index is 0.00332. The number of fused-ring (bicyclic) bond motifs is 1. The molecule has 1 aromatic rings. The summed E-state index contributed by atoms with van der Waals surface area (Å²) in [5.41, 5.74) is 0.901. The van der Waals surface area contributed by atoms with Crippen molar-refractivity contribution in [3.05, 3.63) is 38.8 Å². The zero-order valence-electron chi connectivity index (χ0n) is 19.3. The summed E-state index contributed by atoms with van der Waals surface area (Å²) in [7, 11) is -5.20. The van der Waals surface area contributed by atoms with E-state index in [1.54, 1.807) is 0 Å². The molecule has 0 N–H and O–H groups in total. The lowest BCUT2D eigenvalue weighted by Gasteiger charge is -2.36. The smallest absolute Gasteiger partial charge is 0.198 e. The maximum absolute atomic E-state index is 13.4. The largest absolute Gasteiger partial charge is 0.416 e. The fourth-order valence-electron chi connectivity index (χ4n) is 3.68. The molecule has 5 nitrogen and oxygen atoms in total. The predicted octanol–water partition coefficient (Wildman–Crippen LogP) is 5.61. The van der Waals surface area contributed by atoms with Crippen LogP contribution in [-0.2, 0) is 25.5 Å². The Morgan fingerprint density at radius 1 is 1.19 bits per heavy atom. The van der Waals surface area contributed by atoms with Crippen molar-refractivity contribution in [3.8, 4) is 0 Å². The summed E-state index contributed by atoms with van der Waals surface area (Å²) in [6, 6.07) is 2.90. The molecule has 0 aromatic heterocycles. The van der Waals surface area contributed by atoms with Crippen molar-refractivity contribution in [2.24, 2.45) is 0 Å². The van der Waals surface area contributed by atoms with Crippen LogP contribution >= 0.6 is 23.4 Å². The Hall–Kier alpha value is -0.933. The zero-order valence-corrected chi connectivity index (χ0v) is 22.7. The van der Waals surface area contributed by atoms with Gasteiger partial charge in [-0.2, -0.15) is 0 Å². The zero-order chi connectivity index (χ0) is 23.9. The number of halogens is 1. The SMILES string of the molecule is CC(C)(C)[Si](C)(C)OCCSC1=C(C(=O)c2ccc3c(c2Cl)CCS3(=O)=O)C(=O)CCC1. The number of rotatable bonds is 7. The van der Waals surface area contributed by atoms with Crippen LogP contribution in [0.15, 0.2) is 27.5 Å². The molecule has 0 bridgehead atoms. The van der Waals surface area contributed by atoms with Gasteiger partial charge in [-0.05, 0) is 60.0 Å². The Kier molecular flexibility index (Phi) is 7.52. The summed E-state index contributed by atoms with van der Waals surface area (Å²) < 4.78 is 30.5. The number of hydrogen-bond donors (Lipinski definition) is 0. The lowest BCUT2D eigenvalue weighted by atomic mass is 9.91. The van der Waals surface area contributed by atoms with E-state index in [2.05, 4.69) is 33.9 Å². The van der Waals surface area contributed by atoms with E-state index in [1.165, 1.54) is 23.9 Å². The third-order valence-electron chi connectivity index (χ3n) is 6.62. The summed E-state index contributed by atoms with van der Waals surface area (Å²) in [6.45, 7) is 11.5. The highest BCUT2D eigenvalue weighted by molar-refractivity contribution is 8.03. The van der Waals surface area contributed by atoms with Gasteiger partial charge in [0, 0.05) is 24.3 Å². The molecule has 0 atom stereocenters. The number of carbonyl (C=O) groups is 2. The van der Waals surface area contributed by atoms with E-state index in [-0.39, 0.29) is 44.0 Å². The molecule has 0 unspecified atom stereocenters. The Morgan fingerprint density at radius 2 is 1.88 bits per heavy atom. The van der Waals surface area contributed by atoms with E-state index in [0.29, 0.717) is 30.8 Å².